The molecule has 160 valence electrons. The number of halogens is 3. The van der Waals surface area contributed by atoms with Gasteiger partial charge in [-0.3, -0.25) is 9.59 Å². The number of nitrogens with one attached hydrogen (secondary N) is 1. The molecule has 3 N–H and O–H groups in total. The monoisotopic (exact) mass is 435 g/mol. The van der Waals surface area contributed by atoms with Gasteiger partial charge in [-0.25, -0.2) is 8.78 Å². The number of carbonyl (C=O) groups is 2. The maximum Gasteiger partial charge on any atom is 0.255 e. The lowest BCUT2D eigenvalue weighted by molar-refractivity contribution is -0.133. The molecule has 8 heteroatoms. The van der Waals surface area contributed by atoms with Crippen molar-refractivity contribution in [3.63, 3.8) is 0 Å². The van der Waals surface area contributed by atoms with E-state index in [1.807, 2.05) is 0 Å². The molecule has 1 saturated carbocycles. The second-order valence-electron chi connectivity index (χ2n) is 7.58. The maximum absolute atomic E-state index is 13.4. The van der Waals surface area contributed by atoms with Crippen molar-refractivity contribution in [1.29, 1.82) is 0 Å². The molecule has 1 fully saturated rings. The quantitative estimate of drug-likeness (QED) is 0.726. The molecule has 0 radical (unpaired) electrons. The number of hydrogen-bond acceptors (Lipinski definition) is 3. The zero-order valence-corrected chi connectivity index (χ0v) is 17.4. The number of carbonyl (C=O) groups excluding carboxylic acids is 2. The smallest absolute Gasteiger partial charge is 0.255 e. The number of anilines is 1. The third kappa shape index (κ3) is 5.34. The Morgan fingerprint density at radius 3 is 2.43 bits per heavy atom. The highest BCUT2D eigenvalue weighted by molar-refractivity contribution is 6.31. The van der Waals surface area contributed by atoms with E-state index in [2.05, 4.69) is 5.32 Å². The zero-order chi connectivity index (χ0) is 21.8. The van der Waals surface area contributed by atoms with Crippen LogP contribution in [-0.4, -0.2) is 28.8 Å². The predicted molar refractivity (Wildman–Crippen MR) is 112 cm³/mol. The largest absolute Gasteiger partial charge is 0.334 e. The van der Waals surface area contributed by atoms with Crippen LogP contribution >= 0.6 is 11.6 Å². The molecule has 0 spiro atoms. The molecule has 2 amide bonds. The maximum atomic E-state index is 13.4. The Morgan fingerprint density at radius 2 is 1.80 bits per heavy atom. The average Bonchev–Trinajstić information content (AvgIpc) is 2.68. The highest BCUT2D eigenvalue weighted by Gasteiger charge is 2.29. The summed E-state index contributed by atoms with van der Waals surface area (Å²) in [5.41, 5.74) is 7.16. The first kappa shape index (κ1) is 22.2. The summed E-state index contributed by atoms with van der Waals surface area (Å²) in [7, 11) is 0. The lowest BCUT2D eigenvalue weighted by atomic mass is 9.89. The van der Waals surface area contributed by atoms with Gasteiger partial charge in [-0.2, -0.15) is 0 Å². The van der Waals surface area contributed by atoms with Crippen LogP contribution < -0.4 is 11.1 Å². The summed E-state index contributed by atoms with van der Waals surface area (Å²) in [6, 6.07) is 7.30. The second kappa shape index (κ2) is 9.53. The topological polar surface area (TPSA) is 75.4 Å². The molecule has 2 atom stereocenters. The number of nitrogens with zero attached hydrogens (tertiary/aromatic N) is 1. The predicted octanol–water partition coefficient (Wildman–Crippen LogP) is 4.49. The number of benzene rings is 2. The van der Waals surface area contributed by atoms with Crippen LogP contribution in [0.3, 0.4) is 0 Å². The van der Waals surface area contributed by atoms with E-state index in [-0.39, 0.29) is 30.1 Å². The Bertz CT molecular complexity index is 934. The van der Waals surface area contributed by atoms with Crippen LogP contribution in [0.25, 0.3) is 0 Å². The van der Waals surface area contributed by atoms with Crippen LogP contribution in [0, 0.1) is 11.6 Å². The first-order valence-corrected chi connectivity index (χ1v) is 10.2. The molecule has 2 unspecified atom stereocenters. The molecule has 5 nitrogen and oxygen atoms in total. The molecule has 30 heavy (non-hydrogen) atoms. The van der Waals surface area contributed by atoms with Gasteiger partial charge in [0.2, 0.25) is 5.91 Å². The lowest BCUT2D eigenvalue weighted by Crippen LogP contribution is -2.51. The van der Waals surface area contributed by atoms with Gasteiger partial charge in [-0.1, -0.05) is 24.4 Å². The van der Waals surface area contributed by atoms with Crippen LogP contribution in [-0.2, 0) is 11.3 Å². The number of rotatable bonds is 5. The van der Waals surface area contributed by atoms with Gasteiger partial charge < -0.3 is 16.0 Å². The summed E-state index contributed by atoms with van der Waals surface area (Å²) in [6.07, 6.45) is 3.75. The fourth-order valence-corrected chi connectivity index (χ4v) is 4.01. The molecule has 2 aromatic rings. The molecule has 1 aliphatic carbocycles. The summed E-state index contributed by atoms with van der Waals surface area (Å²) >= 11 is 6.33. The molecule has 0 bridgehead atoms. The fourth-order valence-electron chi connectivity index (χ4n) is 3.83. The van der Waals surface area contributed by atoms with Crippen LogP contribution in [0.2, 0.25) is 5.02 Å². The molecule has 2 aromatic carbocycles. The molecule has 0 aliphatic heterocycles. The van der Waals surface area contributed by atoms with Crippen molar-refractivity contribution in [1.82, 2.24) is 4.90 Å². The first-order chi connectivity index (χ1) is 14.2. The van der Waals surface area contributed by atoms with Crippen LogP contribution in [0.1, 0.15) is 48.5 Å². The van der Waals surface area contributed by atoms with Crippen LogP contribution in [0.4, 0.5) is 14.5 Å². The van der Waals surface area contributed by atoms with E-state index < -0.39 is 17.5 Å². The highest BCUT2D eigenvalue weighted by atomic mass is 35.5. The van der Waals surface area contributed by atoms with Gasteiger partial charge in [0.05, 0.1) is 0 Å². The Labute approximate surface area is 179 Å². The van der Waals surface area contributed by atoms with Gasteiger partial charge in [0.1, 0.15) is 11.6 Å². The number of amides is 2. The van der Waals surface area contributed by atoms with Gasteiger partial charge in [-0.05, 0) is 48.7 Å². The highest BCUT2D eigenvalue weighted by Crippen LogP contribution is 2.27. The van der Waals surface area contributed by atoms with Crippen LogP contribution in [0.15, 0.2) is 36.4 Å². The van der Waals surface area contributed by atoms with E-state index in [0.29, 0.717) is 22.3 Å². The SMILES string of the molecule is CC(=O)N(Cc1cc(NC(=O)c2cc(F)cc(F)c2)ccc1Cl)C1CCCCC1N. The van der Waals surface area contributed by atoms with E-state index in [0.717, 1.165) is 37.8 Å². The first-order valence-electron chi connectivity index (χ1n) is 9.83. The minimum absolute atomic E-state index is 0.0687. The third-order valence-corrected chi connectivity index (χ3v) is 5.72. The fraction of sp³-hybridized carbons (Fsp3) is 0.364. The van der Waals surface area contributed by atoms with E-state index in [9.17, 15) is 18.4 Å². The lowest BCUT2D eigenvalue weighted by Gasteiger charge is -2.38. The molecule has 0 saturated heterocycles. The van der Waals surface area contributed by atoms with E-state index >= 15 is 0 Å². The molecule has 1 aliphatic rings. The number of nitrogens with two attached hydrogens (primary N) is 1. The second-order valence-corrected chi connectivity index (χ2v) is 7.99. The van der Waals surface area contributed by atoms with Gasteiger partial charge in [-0.15, -0.1) is 0 Å². The Balaban J connectivity index is 1.80. The van der Waals surface area contributed by atoms with Gasteiger partial charge in [0, 0.05) is 47.9 Å². The summed E-state index contributed by atoms with van der Waals surface area (Å²) in [6.45, 7) is 1.75. The van der Waals surface area contributed by atoms with Crippen molar-refractivity contribution in [2.24, 2.45) is 5.73 Å². The van der Waals surface area contributed by atoms with Crippen molar-refractivity contribution in [3.05, 3.63) is 64.2 Å². The Morgan fingerprint density at radius 1 is 1.13 bits per heavy atom. The van der Waals surface area contributed by atoms with Crippen molar-refractivity contribution >= 4 is 29.1 Å². The molecule has 0 aromatic heterocycles. The van der Waals surface area contributed by atoms with Crippen molar-refractivity contribution in [3.8, 4) is 0 Å². The molecule has 3 rings (SSSR count). The summed E-state index contributed by atoms with van der Waals surface area (Å²) < 4.78 is 26.8. The minimum Gasteiger partial charge on any atom is -0.334 e. The van der Waals surface area contributed by atoms with Crippen molar-refractivity contribution < 1.29 is 18.4 Å². The molecular weight excluding hydrogens is 412 g/mol. The molecular formula is C22H24ClF2N3O2. The van der Waals surface area contributed by atoms with E-state index in [1.54, 1.807) is 23.1 Å². The minimum atomic E-state index is -0.835. The van der Waals surface area contributed by atoms with Gasteiger partial charge in [0.25, 0.3) is 5.91 Å². The Hall–Kier alpha value is -2.51. The standard InChI is InChI=1S/C22H24ClF2N3O2/c1-13(29)28(21-5-3-2-4-20(21)26)12-15-10-18(6-7-19(15)23)27-22(30)14-8-16(24)11-17(25)9-14/h6-11,20-21H,2-5,12,26H2,1H3,(H,27,30). The van der Waals surface area contributed by atoms with Gasteiger partial charge in [0.15, 0.2) is 0 Å². The zero-order valence-electron chi connectivity index (χ0n) is 16.6. The Kier molecular flexibility index (Phi) is 7.05. The average molecular weight is 436 g/mol. The van der Waals surface area contributed by atoms with E-state index in [1.165, 1.54) is 6.92 Å². The normalized spacial score (nSPS) is 18.7. The summed E-state index contributed by atoms with van der Waals surface area (Å²) in [4.78, 5) is 26.4. The van der Waals surface area contributed by atoms with Gasteiger partial charge >= 0.3 is 0 Å². The summed E-state index contributed by atoms with van der Waals surface area (Å²) in [5.74, 6) is -2.42. The van der Waals surface area contributed by atoms with Crippen molar-refractivity contribution in [2.75, 3.05) is 5.32 Å². The number of hydrogen-bond donors (Lipinski definition) is 2. The van der Waals surface area contributed by atoms with Crippen LogP contribution in [0.5, 0.6) is 0 Å². The summed E-state index contributed by atoms with van der Waals surface area (Å²) in [5, 5.41) is 3.06. The molecule has 0 heterocycles. The van der Waals surface area contributed by atoms with E-state index in [4.69, 9.17) is 17.3 Å². The van der Waals surface area contributed by atoms with Crippen molar-refractivity contribution in [2.45, 2.75) is 51.2 Å². The third-order valence-electron chi connectivity index (χ3n) is 5.36.